The highest BCUT2D eigenvalue weighted by atomic mass is 16.7. The van der Waals surface area contributed by atoms with Crippen LogP contribution in [-0.2, 0) is 52.3 Å². The Labute approximate surface area is 191 Å². The smallest absolute Gasteiger partial charge is 0.303 e. The van der Waals surface area contributed by atoms with Gasteiger partial charge in [0, 0.05) is 27.7 Å². The van der Waals surface area contributed by atoms with Crippen LogP contribution < -0.4 is 5.32 Å². The van der Waals surface area contributed by atoms with Crippen molar-refractivity contribution in [2.24, 2.45) is 0 Å². The summed E-state index contributed by atoms with van der Waals surface area (Å²) in [6.07, 6.45) is -4.53. The molecule has 1 rings (SSSR count). The molecule has 1 amide bonds. The molecule has 0 aromatic carbocycles. The van der Waals surface area contributed by atoms with E-state index in [0.29, 0.717) is 0 Å². The molecule has 0 aromatic heterocycles. The lowest BCUT2D eigenvalue weighted by molar-refractivity contribution is -0.279. The lowest BCUT2D eigenvalue weighted by Crippen LogP contribution is -2.66. The van der Waals surface area contributed by atoms with Crippen molar-refractivity contribution in [2.75, 3.05) is 46.2 Å². The van der Waals surface area contributed by atoms with Crippen LogP contribution in [0.2, 0.25) is 0 Å². The minimum Gasteiger partial charge on any atom is -0.463 e. The Morgan fingerprint density at radius 3 is 1.94 bits per heavy atom. The fraction of sp³-hybridized carbons (Fsp3) is 0.800. The van der Waals surface area contributed by atoms with E-state index in [4.69, 9.17) is 38.3 Å². The Morgan fingerprint density at radius 2 is 1.39 bits per heavy atom. The van der Waals surface area contributed by atoms with E-state index in [-0.39, 0.29) is 46.2 Å². The summed E-state index contributed by atoms with van der Waals surface area (Å²) < 4.78 is 37.7. The third-order valence-electron chi connectivity index (χ3n) is 4.19. The number of rotatable bonds is 14. The van der Waals surface area contributed by atoms with Gasteiger partial charge in [-0.15, -0.1) is 0 Å². The Kier molecular flexibility index (Phi) is 13.5. The van der Waals surface area contributed by atoms with Crippen LogP contribution in [0.1, 0.15) is 27.7 Å². The first-order valence-corrected chi connectivity index (χ1v) is 10.4. The number of aliphatic hydroxyl groups excluding tert-OH is 1. The molecular weight excluding hydrogens is 446 g/mol. The zero-order valence-corrected chi connectivity index (χ0v) is 19.3. The third kappa shape index (κ3) is 11.4. The average Bonchev–Trinajstić information content (AvgIpc) is 2.71. The van der Waals surface area contributed by atoms with Crippen LogP contribution in [0.4, 0.5) is 0 Å². The average molecular weight is 479 g/mol. The van der Waals surface area contributed by atoms with Gasteiger partial charge in [-0.25, -0.2) is 0 Å². The molecule has 0 aromatic rings. The van der Waals surface area contributed by atoms with Crippen molar-refractivity contribution >= 4 is 23.8 Å². The monoisotopic (exact) mass is 479 g/mol. The van der Waals surface area contributed by atoms with E-state index >= 15 is 0 Å². The maximum atomic E-state index is 11.8. The number of aliphatic hydroxyl groups is 1. The zero-order chi connectivity index (χ0) is 24.8. The third-order valence-corrected chi connectivity index (χ3v) is 4.19. The summed E-state index contributed by atoms with van der Waals surface area (Å²) in [6, 6.07) is -1.03. The Bertz CT molecular complexity index is 643. The van der Waals surface area contributed by atoms with E-state index in [0.717, 1.165) is 13.8 Å². The molecule has 5 atom stereocenters. The molecule has 0 radical (unpaired) electrons. The molecule has 0 unspecified atom stereocenters. The maximum absolute atomic E-state index is 11.8. The van der Waals surface area contributed by atoms with Crippen molar-refractivity contribution in [2.45, 2.75) is 58.3 Å². The minimum atomic E-state index is -1.18. The molecule has 2 N–H and O–H groups in total. The zero-order valence-electron chi connectivity index (χ0n) is 19.3. The molecule has 13 heteroatoms. The normalized spacial score (nSPS) is 24.6. The topological polar surface area (TPSA) is 165 Å². The van der Waals surface area contributed by atoms with Gasteiger partial charge in [0.25, 0.3) is 0 Å². The number of nitrogens with one attached hydrogen (secondary N) is 1. The summed E-state index contributed by atoms with van der Waals surface area (Å²) in [5, 5.41) is 11.3. The first-order valence-electron chi connectivity index (χ1n) is 10.4. The standard InChI is InChI=1S/C20H33NO12/c1-12(23)21-17-19(32-15(4)26)18(31-14(3)25)16(11-30-13(2)24)33-20(17)29-10-9-28-8-7-27-6-5-22/h16-20,22H,5-11H2,1-4H3,(H,21,23)/t16-,17+,18+,19-,20+/m1/s1. The Hall–Kier alpha value is -2.32. The van der Waals surface area contributed by atoms with Gasteiger partial charge in [0.05, 0.1) is 39.6 Å². The quantitative estimate of drug-likeness (QED) is 0.172. The molecule has 1 fully saturated rings. The van der Waals surface area contributed by atoms with Crippen LogP contribution in [0.5, 0.6) is 0 Å². The predicted octanol–water partition coefficient (Wildman–Crippen LogP) is -1.32. The highest BCUT2D eigenvalue weighted by Gasteiger charge is 2.51. The molecule has 0 saturated carbocycles. The van der Waals surface area contributed by atoms with E-state index in [2.05, 4.69) is 5.32 Å². The number of carbonyl (C=O) groups is 4. The summed E-state index contributed by atoms with van der Waals surface area (Å²) in [7, 11) is 0. The lowest BCUT2D eigenvalue weighted by atomic mass is 9.96. The number of ether oxygens (including phenoxy) is 7. The van der Waals surface area contributed by atoms with Crippen LogP contribution in [-0.4, -0.2) is 106 Å². The second-order valence-electron chi connectivity index (χ2n) is 7.04. The molecule has 1 heterocycles. The molecule has 1 aliphatic rings. The van der Waals surface area contributed by atoms with E-state index < -0.39 is 54.5 Å². The maximum Gasteiger partial charge on any atom is 0.303 e. The number of hydrogen-bond donors (Lipinski definition) is 2. The van der Waals surface area contributed by atoms with Gasteiger partial charge in [-0.05, 0) is 0 Å². The summed E-state index contributed by atoms with van der Waals surface area (Å²) in [6.45, 7) is 5.32. The first-order chi connectivity index (χ1) is 15.6. The van der Waals surface area contributed by atoms with Crippen LogP contribution >= 0.6 is 0 Å². The van der Waals surface area contributed by atoms with Gasteiger partial charge in [0.15, 0.2) is 18.5 Å². The molecule has 0 spiro atoms. The Morgan fingerprint density at radius 1 is 0.818 bits per heavy atom. The van der Waals surface area contributed by atoms with Crippen molar-refractivity contribution in [1.82, 2.24) is 5.32 Å². The Balaban J connectivity index is 2.95. The van der Waals surface area contributed by atoms with Gasteiger partial charge < -0.3 is 43.6 Å². The molecule has 190 valence electrons. The fourth-order valence-corrected chi connectivity index (χ4v) is 3.04. The molecule has 1 aliphatic heterocycles. The van der Waals surface area contributed by atoms with Crippen molar-refractivity contribution in [1.29, 1.82) is 0 Å². The molecule has 0 aliphatic carbocycles. The van der Waals surface area contributed by atoms with E-state index in [1.165, 1.54) is 13.8 Å². The van der Waals surface area contributed by atoms with E-state index in [1.807, 2.05) is 0 Å². The summed E-state index contributed by atoms with van der Waals surface area (Å²) >= 11 is 0. The van der Waals surface area contributed by atoms with Crippen molar-refractivity contribution in [3.63, 3.8) is 0 Å². The summed E-state index contributed by atoms with van der Waals surface area (Å²) in [5.74, 6) is -2.44. The predicted molar refractivity (Wildman–Crippen MR) is 109 cm³/mol. The van der Waals surface area contributed by atoms with E-state index in [1.54, 1.807) is 0 Å². The molecule has 33 heavy (non-hydrogen) atoms. The van der Waals surface area contributed by atoms with Crippen LogP contribution in [0.25, 0.3) is 0 Å². The number of hydrogen-bond acceptors (Lipinski definition) is 12. The largest absolute Gasteiger partial charge is 0.463 e. The number of esters is 3. The summed E-state index contributed by atoms with van der Waals surface area (Å²) in [5.41, 5.74) is 0. The van der Waals surface area contributed by atoms with Gasteiger partial charge in [-0.3, -0.25) is 19.2 Å². The molecule has 13 nitrogen and oxygen atoms in total. The van der Waals surface area contributed by atoms with Gasteiger partial charge in [0.2, 0.25) is 5.91 Å². The van der Waals surface area contributed by atoms with Crippen molar-refractivity contribution < 1.29 is 57.4 Å². The van der Waals surface area contributed by atoms with Crippen molar-refractivity contribution in [3.8, 4) is 0 Å². The van der Waals surface area contributed by atoms with Gasteiger partial charge in [-0.1, -0.05) is 0 Å². The van der Waals surface area contributed by atoms with E-state index in [9.17, 15) is 19.2 Å². The van der Waals surface area contributed by atoms with Gasteiger partial charge in [-0.2, -0.15) is 0 Å². The lowest BCUT2D eigenvalue weighted by Gasteiger charge is -2.44. The van der Waals surface area contributed by atoms with Gasteiger partial charge >= 0.3 is 17.9 Å². The molecule has 0 bridgehead atoms. The highest BCUT2D eigenvalue weighted by molar-refractivity contribution is 5.73. The van der Waals surface area contributed by atoms with Gasteiger partial charge in [0.1, 0.15) is 18.8 Å². The number of carbonyl (C=O) groups excluding carboxylic acids is 4. The number of amides is 1. The minimum absolute atomic E-state index is 0.0338. The molecule has 1 saturated heterocycles. The second kappa shape index (κ2) is 15.5. The van der Waals surface area contributed by atoms with Crippen LogP contribution in [0.3, 0.4) is 0 Å². The van der Waals surface area contributed by atoms with Crippen molar-refractivity contribution in [3.05, 3.63) is 0 Å². The van der Waals surface area contributed by atoms with Crippen LogP contribution in [0.15, 0.2) is 0 Å². The summed E-state index contributed by atoms with van der Waals surface area (Å²) in [4.78, 5) is 46.6. The molecular formula is C20H33NO12. The SMILES string of the molecule is CC(=O)N[C@@H]1[C@@H](OCCOCCOCCO)O[C@H](COC(C)=O)[C@H](OC(C)=O)[C@@H]1OC(C)=O. The second-order valence-corrected chi connectivity index (χ2v) is 7.04. The highest BCUT2D eigenvalue weighted by Crippen LogP contribution is 2.28. The van der Waals surface area contributed by atoms with Crippen LogP contribution in [0, 0.1) is 0 Å². The first kappa shape index (κ1) is 28.7. The fourth-order valence-electron chi connectivity index (χ4n) is 3.04.